The zero-order chi connectivity index (χ0) is 32.8. The van der Waals surface area contributed by atoms with Gasteiger partial charge in [0.05, 0.1) is 23.8 Å². The maximum Gasteiger partial charge on any atom is 0.128 e. The van der Waals surface area contributed by atoms with Crippen LogP contribution in [0.1, 0.15) is 0 Å². The fourth-order valence-corrected chi connectivity index (χ4v) is 5.93. The summed E-state index contributed by atoms with van der Waals surface area (Å²) < 4.78 is 6.76. The molecule has 0 aliphatic heterocycles. The molecule has 0 bridgehead atoms. The third-order valence-corrected chi connectivity index (χ3v) is 8.38. The minimum Gasteiger partial charge on any atom is -0.457 e. The van der Waals surface area contributed by atoms with Crippen LogP contribution in [0.15, 0.2) is 182 Å². The minimum atomic E-state index is 0.684. The van der Waals surface area contributed by atoms with Gasteiger partial charge in [0.2, 0.25) is 0 Å². The van der Waals surface area contributed by atoms with Crippen molar-refractivity contribution >= 4 is 0 Å². The van der Waals surface area contributed by atoms with E-state index in [2.05, 4.69) is 105 Å². The van der Waals surface area contributed by atoms with Crippen LogP contribution in [0.4, 0.5) is 0 Å². The summed E-state index contributed by atoms with van der Waals surface area (Å²) in [6, 6.07) is 57.6. The summed E-state index contributed by atoms with van der Waals surface area (Å²) in [5.41, 5.74) is 11.7. The Morgan fingerprint density at radius 2 is 0.612 bits per heavy atom. The first-order valence-corrected chi connectivity index (χ1v) is 16.1. The molecule has 0 spiro atoms. The van der Waals surface area contributed by atoms with Crippen molar-refractivity contribution in [2.24, 2.45) is 0 Å². The molecule has 232 valence electrons. The Morgan fingerprint density at radius 3 is 0.980 bits per heavy atom. The van der Waals surface area contributed by atoms with Crippen LogP contribution in [0.2, 0.25) is 0 Å². The van der Waals surface area contributed by atoms with E-state index >= 15 is 0 Å². The summed E-state index contributed by atoms with van der Waals surface area (Å²) in [5.74, 6) is 1.37. The summed E-state index contributed by atoms with van der Waals surface area (Å²) in [5, 5.41) is 17.8. The van der Waals surface area contributed by atoms with E-state index in [4.69, 9.17) is 4.74 Å². The van der Waals surface area contributed by atoms with Crippen LogP contribution in [-0.4, -0.2) is 20.4 Å². The Bertz CT molecular complexity index is 2180. The average molecular weight is 631 g/mol. The van der Waals surface area contributed by atoms with Crippen LogP contribution in [0.3, 0.4) is 0 Å². The standard InChI is InChI=1S/C44H30N4O/c1-5-13-31(14-6-1)35-21-37(43-27-39(29-45-47-43)33-17-9-3-10-18-33)25-41(23-35)49-42-24-36(32-15-7-2-8-16-32)22-38(26-42)44-28-40(30-46-48-44)34-19-11-4-12-20-34/h1-30H. The molecule has 8 rings (SSSR count). The van der Waals surface area contributed by atoms with E-state index in [9.17, 15) is 0 Å². The summed E-state index contributed by atoms with van der Waals surface area (Å²) in [7, 11) is 0. The molecule has 5 nitrogen and oxygen atoms in total. The first kappa shape index (κ1) is 29.7. The average Bonchev–Trinajstić information content (AvgIpc) is 3.19. The zero-order valence-corrected chi connectivity index (χ0v) is 26.5. The molecule has 5 heteroatoms. The second-order valence-electron chi connectivity index (χ2n) is 11.7. The smallest absolute Gasteiger partial charge is 0.128 e. The molecule has 0 N–H and O–H groups in total. The molecule has 0 aliphatic rings. The van der Waals surface area contributed by atoms with Crippen LogP contribution in [0.5, 0.6) is 11.5 Å². The quantitative estimate of drug-likeness (QED) is 0.167. The highest BCUT2D eigenvalue weighted by Gasteiger charge is 2.13. The maximum absolute atomic E-state index is 6.76. The van der Waals surface area contributed by atoms with Gasteiger partial charge < -0.3 is 4.74 Å². The Balaban J connectivity index is 1.23. The lowest BCUT2D eigenvalue weighted by Gasteiger charge is -2.14. The largest absolute Gasteiger partial charge is 0.457 e. The van der Waals surface area contributed by atoms with Crippen LogP contribution in [0, 0.1) is 0 Å². The van der Waals surface area contributed by atoms with Crippen LogP contribution >= 0.6 is 0 Å². The van der Waals surface area contributed by atoms with Gasteiger partial charge in [0.25, 0.3) is 0 Å². The van der Waals surface area contributed by atoms with Gasteiger partial charge in [0.1, 0.15) is 11.5 Å². The van der Waals surface area contributed by atoms with Gasteiger partial charge in [-0.3, -0.25) is 0 Å². The van der Waals surface area contributed by atoms with Crippen molar-refractivity contribution in [3.05, 3.63) is 182 Å². The van der Waals surface area contributed by atoms with Gasteiger partial charge in [-0.2, -0.15) is 20.4 Å². The normalized spacial score (nSPS) is 10.9. The van der Waals surface area contributed by atoms with Crippen molar-refractivity contribution in [1.29, 1.82) is 0 Å². The van der Waals surface area contributed by atoms with E-state index in [1.807, 2.05) is 84.9 Å². The van der Waals surface area contributed by atoms with Gasteiger partial charge in [-0.05, 0) is 81.9 Å². The zero-order valence-electron chi connectivity index (χ0n) is 26.5. The Morgan fingerprint density at radius 1 is 0.286 bits per heavy atom. The third-order valence-electron chi connectivity index (χ3n) is 8.38. The molecule has 0 radical (unpaired) electrons. The summed E-state index contributed by atoms with van der Waals surface area (Å²) in [6.45, 7) is 0. The van der Waals surface area contributed by atoms with Gasteiger partial charge in [-0.15, -0.1) is 0 Å². The topological polar surface area (TPSA) is 60.8 Å². The molecule has 49 heavy (non-hydrogen) atoms. The minimum absolute atomic E-state index is 0.684. The lowest BCUT2D eigenvalue weighted by molar-refractivity contribution is 0.483. The van der Waals surface area contributed by atoms with Crippen molar-refractivity contribution in [3.63, 3.8) is 0 Å². The number of ether oxygens (including phenoxy) is 1. The van der Waals surface area contributed by atoms with Crippen molar-refractivity contribution in [1.82, 2.24) is 20.4 Å². The van der Waals surface area contributed by atoms with Crippen molar-refractivity contribution in [3.8, 4) is 78.5 Å². The van der Waals surface area contributed by atoms with Crippen molar-refractivity contribution < 1.29 is 4.74 Å². The summed E-state index contributed by atoms with van der Waals surface area (Å²) in [6.07, 6.45) is 3.59. The second-order valence-corrected chi connectivity index (χ2v) is 11.7. The van der Waals surface area contributed by atoms with Crippen molar-refractivity contribution in [2.75, 3.05) is 0 Å². The van der Waals surface area contributed by atoms with Gasteiger partial charge >= 0.3 is 0 Å². The van der Waals surface area contributed by atoms with Gasteiger partial charge in [0, 0.05) is 22.3 Å². The molecule has 8 aromatic rings. The highest BCUT2D eigenvalue weighted by atomic mass is 16.5. The third kappa shape index (κ3) is 6.73. The molecular weight excluding hydrogens is 601 g/mol. The molecule has 6 aromatic carbocycles. The maximum atomic E-state index is 6.76. The van der Waals surface area contributed by atoms with Gasteiger partial charge in [-0.25, -0.2) is 0 Å². The molecule has 0 amide bonds. The number of hydrogen-bond donors (Lipinski definition) is 0. The van der Waals surface area contributed by atoms with E-state index < -0.39 is 0 Å². The number of hydrogen-bond acceptors (Lipinski definition) is 5. The molecular formula is C44H30N4O. The molecule has 0 atom stereocenters. The first-order chi connectivity index (χ1) is 24.2. The SMILES string of the molecule is c1ccc(-c2cc(Oc3cc(-c4ccccc4)cc(-c4cc(-c5ccccc5)cnn4)c3)cc(-c3cc(-c4ccccc4)cnn3)c2)cc1. The van der Waals surface area contributed by atoms with Crippen LogP contribution in [0.25, 0.3) is 67.0 Å². The Hall–Kier alpha value is -6.72. The predicted molar refractivity (Wildman–Crippen MR) is 197 cm³/mol. The van der Waals surface area contributed by atoms with E-state index in [0.717, 1.165) is 67.0 Å². The second kappa shape index (κ2) is 13.6. The van der Waals surface area contributed by atoms with E-state index in [0.29, 0.717) is 11.5 Å². The van der Waals surface area contributed by atoms with Crippen LogP contribution in [-0.2, 0) is 0 Å². The molecule has 0 saturated heterocycles. The summed E-state index contributed by atoms with van der Waals surface area (Å²) in [4.78, 5) is 0. The lowest BCUT2D eigenvalue weighted by atomic mass is 9.99. The number of aromatic nitrogens is 4. The lowest BCUT2D eigenvalue weighted by Crippen LogP contribution is -1.94. The van der Waals surface area contributed by atoms with E-state index in [1.165, 1.54) is 0 Å². The van der Waals surface area contributed by atoms with Gasteiger partial charge in [0.15, 0.2) is 0 Å². The molecule has 2 aromatic heterocycles. The Kier molecular flexibility index (Phi) is 8.21. The predicted octanol–water partition coefficient (Wildman–Crippen LogP) is 11.1. The fourth-order valence-electron chi connectivity index (χ4n) is 5.93. The molecule has 2 heterocycles. The van der Waals surface area contributed by atoms with Gasteiger partial charge in [-0.1, -0.05) is 121 Å². The molecule has 0 saturated carbocycles. The Labute approximate surface area is 285 Å². The molecule has 0 aliphatic carbocycles. The first-order valence-electron chi connectivity index (χ1n) is 16.1. The monoisotopic (exact) mass is 630 g/mol. The number of benzene rings is 6. The fraction of sp³-hybridized carbons (Fsp3) is 0. The number of rotatable bonds is 8. The van der Waals surface area contributed by atoms with Crippen LogP contribution < -0.4 is 4.74 Å². The van der Waals surface area contributed by atoms with E-state index in [-0.39, 0.29) is 0 Å². The van der Waals surface area contributed by atoms with Crippen molar-refractivity contribution in [2.45, 2.75) is 0 Å². The number of nitrogens with zero attached hydrogens (tertiary/aromatic N) is 4. The summed E-state index contributed by atoms with van der Waals surface area (Å²) >= 11 is 0. The highest BCUT2D eigenvalue weighted by molar-refractivity contribution is 5.78. The molecule has 0 fully saturated rings. The highest BCUT2D eigenvalue weighted by Crippen LogP contribution is 2.37. The molecule has 0 unspecified atom stereocenters. The van der Waals surface area contributed by atoms with E-state index in [1.54, 1.807) is 12.4 Å².